The van der Waals surface area contributed by atoms with Crippen molar-refractivity contribution in [2.24, 2.45) is 17.6 Å². The van der Waals surface area contributed by atoms with Crippen LogP contribution in [0.2, 0.25) is 0 Å². The molecule has 4 amide bonds. The quantitative estimate of drug-likeness (QED) is 0.652. The first-order chi connectivity index (χ1) is 13.7. The summed E-state index contributed by atoms with van der Waals surface area (Å²) in [6.45, 7) is 9.21. The number of nitrogens with one attached hydrogen (secondary N) is 2. The zero-order valence-corrected chi connectivity index (χ0v) is 17.9. The summed E-state index contributed by atoms with van der Waals surface area (Å²) in [6, 6.07) is 6.66. The summed E-state index contributed by atoms with van der Waals surface area (Å²) in [7, 11) is 0. The molecule has 1 saturated heterocycles. The Morgan fingerprint density at radius 3 is 2.28 bits per heavy atom. The van der Waals surface area contributed by atoms with Crippen LogP contribution in [0.25, 0.3) is 0 Å². The summed E-state index contributed by atoms with van der Waals surface area (Å²) in [5, 5.41) is 5.76. The van der Waals surface area contributed by atoms with Crippen LogP contribution in [0, 0.1) is 18.8 Å². The van der Waals surface area contributed by atoms with Crippen molar-refractivity contribution in [2.45, 2.75) is 59.0 Å². The second-order valence-corrected chi connectivity index (χ2v) is 8.32. The van der Waals surface area contributed by atoms with Crippen molar-refractivity contribution in [3.63, 3.8) is 0 Å². The van der Waals surface area contributed by atoms with E-state index in [0.29, 0.717) is 31.8 Å². The van der Waals surface area contributed by atoms with Crippen molar-refractivity contribution in [1.82, 2.24) is 15.5 Å². The molecule has 29 heavy (non-hydrogen) atoms. The van der Waals surface area contributed by atoms with Crippen LogP contribution in [-0.4, -0.2) is 41.9 Å². The van der Waals surface area contributed by atoms with E-state index >= 15 is 0 Å². The molecule has 1 fully saturated rings. The molecule has 1 aliphatic rings. The van der Waals surface area contributed by atoms with Gasteiger partial charge < -0.3 is 21.3 Å². The molecule has 2 unspecified atom stereocenters. The number of primary amides is 1. The van der Waals surface area contributed by atoms with E-state index in [1.54, 1.807) is 4.90 Å². The first kappa shape index (κ1) is 22.7. The van der Waals surface area contributed by atoms with Gasteiger partial charge in [-0.3, -0.25) is 9.59 Å². The number of benzene rings is 1. The molecule has 0 aliphatic carbocycles. The maximum absolute atomic E-state index is 12.9. The van der Waals surface area contributed by atoms with E-state index < -0.39 is 12.1 Å². The van der Waals surface area contributed by atoms with Gasteiger partial charge in [0.25, 0.3) is 0 Å². The van der Waals surface area contributed by atoms with Gasteiger partial charge in [-0.25, -0.2) is 4.79 Å². The average molecular weight is 403 g/mol. The van der Waals surface area contributed by atoms with Gasteiger partial charge in [-0.15, -0.1) is 0 Å². The fourth-order valence-electron chi connectivity index (χ4n) is 3.59. The number of piperidine rings is 1. The zero-order valence-electron chi connectivity index (χ0n) is 17.9. The van der Waals surface area contributed by atoms with Gasteiger partial charge in [0.15, 0.2) is 0 Å². The highest BCUT2D eigenvalue weighted by atomic mass is 16.2. The number of hydrogen-bond donors (Lipinski definition) is 3. The molecule has 1 aromatic rings. The molecule has 1 aromatic carbocycles. The van der Waals surface area contributed by atoms with Crippen LogP contribution in [0.4, 0.5) is 4.79 Å². The average Bonchev–Trinajstić information content (AvgIpc) is 2.67. The number of amides is 4. The second kappa shape index (κ2) is 10.3. The first-order valence-corrected chi connectivity index (χ1v) is 10.4. The van der Waals surface area contributed by atoms with Crippen LogP contribution >= 0.6 is 0 Å². The van der Waals surface area contributed by atoms with E-state index in [9.17, 15) is 14.4 Å². The maximum atomic E-state index is 12.9. The van der Waals surface area contributed by atoms with E-state index in [4.69, 9.17) is 5.73 Å². The number of likely N-dealkylation sites (tertiary alicyclic amines) is 1. The summed E-state index contributed by atoms with van der Waals surface area (Å²) in [5.41, 5.74) is 7.21. The Hall–Kier alpha value is -2.57. The Morgan fingerprint density at radius 1 is 1.10 bits per heavy atom. The number of carbonyl (C=O) groups excluding carboxylic acids is 3. The molecule has 0 radical (unpaired) electrons. The summed E-state index contributed by atoms with van der Waals surface area (Å²) < 4.78 is 0. The molecular formula is C22H34N4O3. The minimum absolute atomic E-state index is 0.0404. The smallest absolute Gasteiger partial charge is 0.312 e. The van der Waals surface area contributed by atoms with Crippen LogP contribution in [0.1, 0.15) is 57.2 Å². The Labute approximate surface area is 173 Å². The minimum Gasteiger partial charge on any atom is -0.353 e. The van der Waals surface area contributed by atoms with Crippen LogP contribution < -0.4 is 16.4 Å². The lowest BCUT2D eigenvalue weighted by molar-refractivity contribution is -0.136. The molecule has 7 heteroatoms. The number of hydrogen-bond acceptors (Lipinski definition) is 3. The largest absolute Gasteiger partial charge is 0.353 e. The monoisotopic (exact) mass is 402 g/mol. The van der Waals surface area contributed by atoms with Gasteiger partial charge in [0, 0.05) is 25.0 Å². The van der Waals surface area contributed by atoms with Crippen molar-refractivity contribution in [3.8, 4) is 0 Å². The summed E-state index contributed by atoms with van der Waals surface area (Å²) in [5.74, 6) is 0.362. The van der Waals surface area contributed by atoms with Crippen LogP contribution in [0.15, 0.2) is 24.3 Å². The Kier molecular flexibility index (Phi) is 8.05. The normalized spacial score (nSPS) is 16.9. The molecule has 1 aliphatic heterocycles. The van der Waals surface area contributed by atoms with Crippen molar-refractivity contribution in [3.05, 3.63) is 35.4 Å². The van der Waals surface area contributed by atoms with E-state index in [1.807, 2.05) is 38.1 Å². The SMILES string of the molecule is Cc1ccccc1C(CC(=O)N1CCC(C(=O)NC(C)C(C)C)CC1)NC(N)=O. The Morgan fingerprint density at radius 2 is 1.72 bits per heavy atom. The predicted octanol–water partition coefficient (Wildman–Crippen LogP) is 2.49. The van der Waals surface area contributed by atoms with Gasteiger partial charge in [-0.2, -0.15) is 0 Å². The lowest BCUT2D eigenvalue weighted by Crippen LogP contribution is -2.46. The molecule has 4 N–H and O–H groups in total. The highest BCUT2D eigenvalue weighted by Gasteiger charge is 2.30. The van der Waals surface area contributed by atoms with Gasteiger partial charge in [0.2, 0.25) is 11.8 Å². The van der Waals surface area contributed by atoms with Crippen molar-refractivity contribution >= 4 is 17.8 Å². The van der Waals surface area contributed by atoms with Crippen LogP contribution in [0.5, 0.6) is 0 Å². The van der Waals surface area contributed by atoms with Crippen LogP contribution in [0.3, 0.4) is 0 Å². The number of carbonyl (C=O) groups is 3. The van der Waals surface area contributed by atoms with E-state index in [-0.39, 0.29) is 30.2 Å². The highest BCUT2D eigenvalue weighted by Crippen LogP contribution is 2.24. The van der Waals surface area contributed by atoms with Crippen molar-refractivity contribution in [2.75, 3.05) is 13.1 Å². The number of nitrogens with two attached hydrogens (primary N) is 1. The zero-order chi connectivity index (χ0) is 21.6. The minimum atomic E-state index is -0.652. The fraction of sp³-hybridized carbons (Fsp3) is 0.591. The first-order valence-electron chi connectivity index (χ1n) is 10.4. The molecule has 2 atom stereocenters. The lowest BCUT2D eigenvalue weighted by Gasteiger charge is -2.33. The van der Waals surface area contributed by atoms with Gasteiger partial charge in [0.1, 0.15) is 0 Å². The van der Waals surface area contributed by atoms with E-state index in [1.165, 1.54) is 0 Å². The number of urea groups is 1. The number of nitrogens with zero attached hydrogens (tertiary/aromatic N) is 1. The lowest BCUT2D eigenvalue weighted by atomic mass is 9.93. The van der Waals surface area contributed by atoms with Gasteiger partial charge in [0.05, 0.1) is 12.5 Å². The standard InChI is InChI=1S/C22H34N4O3/c1-14(2)16(4)24-21(28)17-9-11-26(12-10-17)20(27)13-19(25-22(23)29)18-8-6-5-7-15(18)3/h5-8,14,16-17,19H,9-13H2,1-4H3,(H,24,28)(H3,23,25,29). The molecule has 0 saturated carbocycles. The van der Waals surface area contributed by atoms with Crippen molar-refractivity contribution < 1.29 is 14.4 Å². The molecule has 160 valence electrons. The van der Waals surface area contributed by atoms with E-state index in [2.05, 4.69) is 24.5 Å². The maximum Gasteiger partial charge on any atom is 0.312 e. The third-order valence-electron chi connectivity index (χ3n) is 5.85. The third kappa shape index (κ3) is 6.48. The summed E-state index contributed by atoms with van der Waals surface area (Å²) in [6.07, 6.45) is 1.45. The number of aryl methyl sites for hydroxylation is 1. The number of rotatable bonds is 7. The second-order valence-electron chi connectivity index (χ2n) is 8.32. The molecule has 1 heterocycles. The van der Waals surface area contributed by atoms with Gasteiger partial charge >= 0.3 is 6.03 Å². The predicted molar refractivity (Wildman–Crippen MR) is 113 cm³/mol. The fourth-order valence-corrected chi connectivity index (χ4v) is 3.59. The van der Waals surface area contributed by atoms with Crippen molar-refractivity contribution in [1.29, 1.82) is 0 Å². The topological polar surface area (TPSA) is 105 Å². The molecule has 0 spiro atoms. The Bertz CT molecular complexity index is 727. The molecule has 7 nitrogen and oxygen atoms in total. The summed E-state index contributed by atoms with van der Waals surface area (Å²) in [4.78, 5) is 38.5. The molecular weight excluding hydrogens is 368 g/mol. The third-order valence-corrected chi connectivity index (χ3v) is 5.85. The van der Waals surface area contributed by atoms with E-state index in [0.717, 1.165) is 11.1 Å². The Balaban J connectivity index is 1.94. The molecule has 0 aromatic heterocycles. The van der Waals surface area contributed by atoms with Gasteiger partial charge in [-0.1, -0.05) is 38.1 Å². The highest BCUT2D eigenvalue weighted by molar-refractivity contribution is 5.81. The molecule has 0 bridgehead atoms. The van der Waals surface area contributed by atoms with Gasteiger partial charge in [-0.05, 0) is 43.7 Å². The summed E-state index contributed by atoms with van der Waals surface area (Å²) >= 11 is 0. The molecule has 2 rings (SSSR count). The van der Waals surface area contributed by atoms with Crippen LogP contribution in [-0.2, 0) is 9.59 Å².